The van der Waals surface area contributed by atoms with Crippen LogP contribution in [0.1, 0.15) is 48.2 Å². The number of carbonyl (C=O) groups is 1. The van der Waals surface area contributed by atoms with E-state index in [0.29, 0.717) is 5.56 Å². The normalized spacial score (nSPS) is 15.1. The van der Waals surface area contributed by atoms with Crippen molar-refractivity contribution in [3.8, 4) is 0 Å². The Morgan fingerprint density at radius 3 is 3.06 bits per heavy atom. The SMILES string of the molecule is Cc1ncccc1C(=O)NCCC1=CCCCC1. The number of nitrogens with zero attached hydrogens (tertiary/aromatic N) is 1. The second kappa shape index (κ2) is 6.34. The summed E-state index contributed by atoms with van der Waals surface area (Å²) in [6, 6.07) is 3.61. The van der Waals surface area contributed by atoms with Gasteiger partial charge < -0.3 is 5.32 Å². The van der Waals surface area contributed by atoms with Gasteiger partial charge in [0.25, 0.3) is 5.91 Å². The van der Waals surface area contributed by atoms with Crippen molar-refractivity contribution in [2.24, 2.45) is 0 Å². The second-order valence-electron chi connectivity index (χ2n) is 4.75. The van der Waals surface area contributed by atoms with E-state index in [9.17, 15) is 4.79 Å². The van der Waals surface area contributed by atoms with Crippen molar-refractivity contribution in [3.63, 3.8) is 0 Å². The van der Waals surface area contributed by atoms with Crippen molar-refractivity contribution >= 4 is 5.91 Å². The highest BCUT2D eigenvalue weighted by molar-refractivity contribution is 5.95. The highest BCUT2D eigenvalue weighted by atomic mass is 16.1. The van der Waals surface area contributed by atoms with Gasteiger partial charge in [-0.15, -0.1) is 0 Å². The lowest BCUT2D eigenvalue weighted by molar-refractivity contribution is 0.0953. The highest BCUT2D eigenvalue weighted by Crippen LogP contribution is 2.19. The molecule has 0 fully saturated rings. The van der Waals surface area contributed by atoms with E-state index < -0.39 is 0 Å². The van der Waals surface area contributed by atoms with E-state index in [4.69, 9.17) is 0 Å². The molecule has 1 aromatic rings. The maximum absolute atomic E-state index is 11.9. The van der Waals surface area contributed by atoms with Gasteiger partial charge in [0, 0.05) is 18.4 Å². The van der Waals surface area contributed by atoms with E-state index in [1.807, 2.05) is 13.0 Å². The molecule has 1 aliphatic carbocycles. The number of carbonyl (C=O) groups excluding carboxylic acids is 1. The van der Waals surface area contributed by atoms with Crippen LogP contribution in [0.25, 0.3) is 0 Å². The van der Waals surface area contributed by atoms with E-state index in [1.54, 1.807) is 12.3 Å². The minimum absolute atomic E-state index is 0.0167. The molecule has 3 nitrogen and oxygen atoms in total. The summed E-state index contributed by atoms with van der Waals surface area (Å²) in [5.41, 5.74) is 2.95. The van der Waals surface area contributed by atoms with Crippen LogP contribution in [0.2, 0.25) is 0 Å². The number of rotatable bonds is 4. The lowest BCUT2D eigenvalue weighted by Gasteiger charge is -2.13. The summed E-state index contributed by atoms with van der Waals surface area (Å²) in [5, 5.41) is 2.97. The molecule has 1 amide bonds. The molecule has 18 heavy (non-hydrogen) atoms. The van der Waals surface area contributed by atoms with Crippen LogP contribution in [0, 0.1) is 6.92 Å². The molecule has 0 spiro atoms. The molecular weight excluding hydrogens is 224 g/mol. The number of nitrogens with one attached hydrogen (secondary N) is 1. The van der Waals surface area contributed by atoms with Gasteiger partial charge >= 0.3 is 0 Å². The second-order valence-corrected chi connectivity index (χ2v) is 4.75. The maximum atomic E-state index is 11.9. The lowest BCUT2D eigenvalue weighted by Crippen LogP contribution is -2.25. The number of hydrogen-bond donors (Lipinski definition) is 1. The Morgan fingerprint density at radius 1 is 1.44 bits per heavy atom. The first kappa shape index (κ1) is 12.8. The molecule has 96 valence electrons. The maximum Gasteiger partial charge on any atom is 0.253 e. The van der Waals surface area contributed by atoms with Crippen LogP contribution in [0.15, 0.2) is 30.0 Å². The first-order valence-corrected chi connectivity index (χ1v) is 6.65. The van der Waals surface area contributed by atoms with Gasteiger partial charge in [0.05, 0.1) is 5.56 Å². The molecule has 1 N–H and O–H groups in total. The first-order chi connectivity index (χ1) is 8.77. The molecule has 1 heterocycles. The minimum atomic E-state index is -0.0167. The fourth-order valence-corrected chi connectivity index (χ4v) is 2.29. The molecule has 1 aromatic heterocycles. The molecular formula is C15H20N2O. The van der Waals surface area contributed by atoms with E-state index in [1.165, 1.54) is 31.3 Å². The first-order valence-electron chi connectivity index (χ1n) is 6.65. The van der Waals surface area contributed by atoms with Crippen molar-refractivity contribution in [2.45, 2.75) is 39.0 Å². The molecule has 0 aliphatic heterocycles. The average Bonchev–Trinajstić information content (AvgIpc) is 2.40. The zero-order chi connectivity index (χ0) is 12.8. The van der Waals surface area contributed by atoms with Crippen LogP contribution in [0.3, 0.4) is 0 Å². The van der Waals surface area contributed by atoms with Crippen molar-refractivity contribution in [2.75, 3.05) is 6.54 Å². The molecule has 0 saturated carbocycles. The van der Waals surface area contributed by atoms with Gasteiger partial charge in [-0.3, -0.25) is 9.78 Å². The van der Waals surface area contributed by atoms with Gasteiger partial charge in [0.15, 0.2) is 0 Å². The Morgan fingerprint density at radius 2 is 2.33 bits per heavy atom. The van der Waals surface area contributed by atoms with Crippen molar-refractivity contribution in [3.05, 3.63) is 41.2 Å². The predicted octanol–water partition coefficient (Wildman–Crippen LogP) is 3.01. The average molecular weight is 244 g/mol. The third kappa shape index (κ3) is 3.42. The Bertz CT molecular complexity index is 452. The van der Waals surface area contributed by atoms with Gasteiger partial charge in [-0.05, 0) is 51.2 Å². The third-order valence-corrected chi connectivity index (χ3v) is 3.37. The zero-order valence-electron chi connectivity index (χ0n) is 10.9. The lowest BCUT2D eigenvalue weighted by atomic mass is 9.97. The fraction of sp³-hybridized carbons (Fsp3) is 0.467. The van der Waals surface area contributed by atoms with Gasteiger partial charge in [0.1, 0.15) is 0 Å². The minimum Gasteiger partial charge on any atom is -0.352 e. The van der Waals surface area contributed by atoms with Crippen molar-refractivity contribution in [1.29, 1.82) is 0 Å². The number of aryl methyl sites for hydroxylation is 1. The Balaban J connectivity index is 1.82. The predicted molar refractivity (Wildman–Crippen MR) is 72.5 cm³/mol. The largest absolute Gasteiger partial charge is 0.352 e. The Labute approximate surface area is 108 Å². The van der Waals surface area contributed by atoms with Gasteiger partial charge in [0.2, 0.25) is 0 Å². The Kier molecular flexibility index (Phi) is 4.51. The number of allylic oxidation sites excluding steroid dienone is 1. The van der Waals surface area contributed by atoms with E-state index in [0.717, 1.165) is 18.7 Å². The highest BCUT2D eigenvalue weighted by Gasteiger charge is 2.09. The third-order valence-electron chi connectivity index (χ3n) is 3.37. The molecule has 0 unspecified atom stereocenters. The molecule has 0 radical (unpaired) electrons. The summed E-state index contributed by atoms with van der Waals surface area (Å²) in [7, 11) is 0. The van der Waals surface area contributed by atoms with Gasteiger partial charge in [-0.25, -0.2) is 0 Å². The van der Waals surface area contributed by atoms with Crippen molar-refractivity contribution < 1.29 is 4.79 Å². The fourth-order valence-electron chi connectivity index (χ4n) is 2.29. The van der Waals surface area contributed by atoms with Crippen LogP contribution in [0.4, 0.5) is 0 Å². The standard InChI is InChI=1S/C15H20N2O/c1-12-14(8-5-10-16-12)15(18)17-11-9-13-6-3-2-4-7-13/h5-6,8,10H,2-4,7,9,11H2,1H3,(H,17,18). The molecule has 2 rings (SSSR count). The Hall–Kier alpha value is -1.64. The smallest absolute Gasteiger partial charge is 0.253 e. The van der Waals surface area contributed by atoms with Crippen LogP contribution in [0.5, 0.6) is 0 Å². The van der Waals surface area contributed by atoms with Crippen LogP contribution in [-0.2, 0) is 0 Å². The number of aromatic nitrogens is 1. The van der Waals surface area contributed by atoms with E-state index in [-0.39, 0.29) is 5.91 Å². The monoisotopic (exact) mass is 244 g/mol. The number of pyridine rings is 1. The molecule has 0 saturated heterocycles. The van der Waals surface area contributed by atoms with Crippen molar-refractivity contribution in [1.82, 2.24) is 10.3 Å². The van der Waals surface area contributed by atoms with E-state index >= 15 is 0 Å². The van der Waals surface area contributed by atoms with E-state index in [2.05, 4.69) is 16.4 Å². The summed E-state index contributed by atoms with van der Waals surface area (Å²) in [6.07, 6.45) is 10.0. The molecule has 0 aromatic carbocycles. The summed E-state index contributed by atoms with van der Waals surface area (Å²) in [6.45, 7) is 2.58. The number of hydrogen-bond acceptors (Lipinski definition) is 2. The molecule has 1 aliphatic rings. The van der Waals surface area contributed by atoms with Crippen LogP contribution < -0.4 is 5.32 Å². The van der Waals surface area contributed by atoms with Crippen LogP contribution >= 0.6 is 0 Å². The van der Waals surface area contributed by atoms with Gasteiger partial charge in [-0.1, -0.05) is 11.6 Å². The molecule has 0 bridgehead atoms. The summed E-state index contributed by atoms with van der Waals surface area (Å²) >= 11 is 0. The van der Waals surface area contributed by atoms with Gasteiger partial charge in [-0.2, -0.15) is 0 Å². The molecule has 3 heteroatoms. The molecule has 0 atom stereocenters. The topological polar surface area (TPSA) is 42.0 Å². The summed E-state index contributed by atoms with van der Waals surface area (Å²) < 4.78 is 0. The number of amides is 1. The summed E-state index contributed by atoms with van der Waals surface area (Å²) in [4.78, 5) is 16.1. The quantitative estimate of drug-likeness (QED) is 0.827. The zero-order valence-corrected chi connectivity index (χ0v) is 10.9. The van der Waals surface area contributed by atoms with Crippen LogP contribution in [-0.4, -0.2) is 17.4 Å². The summed E-state index contributed by atoms with van der Waals surface area (Å²) in [5.74, 6) is -0.0167.